The smallest absolute Gasteiger partial charge is 0.315 e. The molecule has 0 atom stereocenters. The van der Waals surface area contributed by atoms with Crippen LogP contribution < -0.4 is 11.0 Å². The van der Waals surface area contributed by atoms with Gasteiger partial charge in [0, 0.05) is 32.5 Å². The SMILES string of the molecule is Cn1ccn(CCNCC2CCCCC2)c1=O. The third kappa shape index (κ3) is 3.46. The summed E-state index contributed by atoms with van der Waals surface area (Å²) in [5.74, 6) is 0.858. The summed E-state index contributed by atoms with van der Waals surface area (Å²) in [6.07, 6.45) is 10.6. The van der Waals surface area contributed by atoms with Crippen LogP contribution in [0.15, 0.2) is 17.2 Å². The Morgan fingerprint density at radius 3 is 2.71 bits per heavy atom. The molecule has 4 heteroatoms. The van der Waals surface area contributed by atoms with E-state index in [0.29, 0.717) is 0 Å². The Bertz CT molecular complexity index is 388. The topological polar surface area (TPSA) is 39.0 Å². The summed E-state index contributed by atoms with van der Waals surface area (Å²) in [5, 5.41) is 3.47. The lowest BCUT2D eigenvalue weighted by atomic mass is 9.89. The van der Waals surface area contributed by atoms with Crippen molar-refractivity contribution in [2.75, 3.05) is 13.1 Å². The maximum absolute atomic E-state index is 11.6. The molecule has 1 aliphatic carbocycles. The van der Waals surface area contributed by atoms with Crippen LogP contribution in [0.2, 0.25) is 0 Å². The van der Waals surface area contributed by atoms with E-state index in [9.17, 15) is 4.79 Å². The molecule has 0 unspecified atom stereocenters. The molecule has 1 aromatic rings. The molecule has 1 N–H and O–H groups in total. The Morgan fingerprint density at radius 1 is 1.29 bits per heavy atom. The summed E-state index contributed by atoms with van der Waals surface area (Å²) in [6.45, 7) is 2.77. The summed E-state index contributed by atoms with van der Waals surface area (Å²) in [4.78, 5) is 11.6. The molecule has 0 saturated heterocycles. The van der Waals surface area contributed by atoms with Crippen molar-refractivity contribution in [2.45, 2.75) is 38.6 Å². The van der Waals surface area contributed by atoms with Crippen molar-refractivity contribution in [3.63, 3.8) is 0 Å². The molecule has 0 aliphatic heterocycles. The van der Waals surface area contributed by atoms with E-state index in [-0.39, 0.29) is 5.69 Å². The van der Waals surface area contributed by atoms with Crippen molar-refractivity contribution >= 4 is 0 Å². The van der Waals surface area contributed by atoms with Crippen LogP contribution in [-0.2, 0) is 13.6 Å². The van der Waals surface area contributed by atoms with Crippen LogP contribution in [0.4, 0.5) is 0 Å². The highest BCUT2D eigenvalue weighted by atomic mass is 16.1. The molecule has 1 fully saturated rings. The number of rotatable bonds is 5. The van der Waals surface area contributed by atoms with Crippen molar-refractivity contribution in [3.05, 3.63) is 22.9 Å². The predicted octanol–water partition coefficient (Wildman–Crippen LogP) is 1.36. The Hall–Kier alpha value is -1.03. The number of nitrogens with zero attached hydrogens (tertiary/aromatic N) is 2. The Morgan fingerprint density at radius 2 is 2.06 bits per heavy atom. The van der Waals surface area contributed by atoms with Crippen LogP contribution in [0.3, 0.4) is 0 Å². The van der Waals surface area contributed by atoms with E-state index in [1.54, 1.807) is 16.2 Å². The summed E-state index contributed by atoms with van der Waals surface area (Å²) < 4.78 is 3.37. The van der Waals surface area contributed by atoms with Gasteiger partial charge in [-0.25, -0.2) is 4.79 Å². The van der Waals surface area contributed by atoms with E-state index < -0.39 is 0 Å². The van der Waals surface area contributed by atoms with Crippen molar-refractivity contribution in [3.8, 4) is 0 Å². The maximum Gasteiger partial charge on any atom is 0.327 e. The van der Waals surface area contributed by atoms with Crippen molar-refractivity contribution in [2.24, 2.45) is 13.0 Å². The summed E-state index contributed by atoms with van der Waals surface area (Å²) >= 11 is 0. The van der Waals surface area contributed by atoms with Gasteiger partial charge < -0.3 is 9.88 Å². The number of aryl methyl sites for hydroxylation is 1. The lowest BCUT2D eigenvalue weighted by Crippen LogP contribution is -2.30. The molecule has 1 aromatic heterocycles. The van der Waals surface area contributed by atoms with Crippen LogP contribution in [0.25, 0.3) is 0 Å². The van der Waals surface area contributed by atoms with E-state index in [0.717, 1.165) is 25.6 Å². The van der Waals surface area contributed by atoms with Gasteiger partial charge in [0.25, 0.3) is 0 Å². The fourth-order valence-electron chi connectivity index (χ4n) is 2.58. The molecule has 17 heavy (non-hydrogen) atoms. The van der Waals surface area contributed by atoms with Crippen LogP contribution >= 0.6 is 0 Å². The van der Waals surface area contributed by atoms with Gasteiger partial charge in [-0.1, -0.05) is 19.3 Å². The van der Waals surface area contributed by atoms with Gasteiger partial charge in [0.15, 0.2) is 0 Å². The van der Waals surface area contributed by atoms with Gasteiger partial charge in [0.1, 0.15) is 0 Å². The maximum atomic E-state index is 11.6. The van der Waals surface area contributed by atoms with Gasteiger partial charge in [-0.2, -0.15) is 0 Å². The molecule has 0 radical (unpaired) electrons. The second-order valence-corrected chi connectivity index (χ2v) is 5.09. The van der Waals surface area contributed by atoms with Crippen LogP contribution in [-0.4, -0.2) is 22.2 Å². The van der Waals surface area contributed by atoms with Gasteiger partial charge in [-0.3, -0.25) is 4.57 Å². The number of nitrogens with one attached hydrogen (secondary N) is 1. The zero-order valence-electron chi connectivity index (χ0n) is 10.7. The standard InChI is InChI=1S/C13H23N3O/c1-15-9-10-16(13(15)17)8-7-14-11-12-5-3-2-4-6-12/h9-10,12,14H,2-8,11H2,1H3. The van der Waals surface area contributed by atoms with Gasteiger partial charge in [-0.05, 0) is 25.3 Å². The highest BCUT2D eigenvalue weighted by molar-refractivity contribution is 4.80. The quantitative estimate of drug-likeness (QED) is 0.785. The van der Waals surface area contributed by atoms with Crippen molar-refractivity contribution in [1.29, 1.82) is 0 Å². The van der Waals surface area contributed by atoms with Crippen molar-refractivity contribution in [1.82, 2.24) is 14.5 Å². The first-order valence-corrected chi connectivity index (χ1v) is 6.70. The van der Waals surface area contributed by atoms with Gasteiger partial charge in [-0.15, -0.1) is 0 Å². The molecule has 96 valence electrons. The molecule has 1 saturated carbocycles. The van der Waals surface area contributed by atoms with Gasteiger partial charge in [0.05, 0.1) is 0 Å². The molecule has 2 rings (SSSR count). The average molecular weight is 237 g/mol. The molecule has 1 heterocycles. The molecular weight excluding hydrogens is 214 g/mol. The van der Waals surface area contributed by atoms with Crippen molar-refractivity contribution < 1.29 is 0 Å². The molecule has 0 aromatic carbocycles. The minimum absolute atomic E-state index is 0.0736. The third-order valence-corrected chi connectivity index (χ3v) is 3.70. The summed E-state index contributed by atoms with van der Waals surface area (Å²) in [5.41, 5.74) is 0.0736. The minimum Gasteiger partial charge on any atom is -0.315 e. The molecule has 0 spiro atoms. The highest BCUT2D eigenvalue weighted by Gasteiger charge is 2.12. The highest BCUT2D eigenvalue weighted by Crippen LogP contribution is 2.22. The summed E-state index contributed by atoms with van der Waals surface area (Å²) in [7, 11) is 1.79. The average Bonchev–Trinajstić information content (AvgIpc) is 2.67. The zero-order valence-corrected chi connectivity index (χ0v) is 10.7. The first-order chi connectivity index (χ1) is 8.27. The number of hydrogen-bond donors (Lipinski definition) is 1. The predicted molar refractivity (Wildman–Crippen MR) is 69.1 cm³/mol. The number of hydrogen-bond acceptors (Lipinski definition) is 2. The van der Waals surface area contributed by atoms with E-state index in [4.69, 9.17) is 0 Å². The Labute approximate surface area is 103 Å². The fraction of sp³-hybridized carbons (Fsp3) is 0.769. The third-order valence-electron chi connectivity index (χ3n) is 3.70. The monoisotopic (exact) mass is 237 g/mol. The van der Waals surface area contributed by atoms with E-state index in [2.05, 4.69) is 5.32 Å². The first-order valence-electron chi connectivity index (χ1n) is 6.70. The van der Waals surface area contributed by atoms with Crippen LogP contribution in [0.5, 0.6) is 0 Å². The molecule has 4 nitrogen and oxygen atoms in total. The lowest BCUT2D eigenvalue weighted by Gasteiger charge is -2.21. The minimum atomic E-state index is 0.0736. The Balaban J connectivity index is 1.66. The normalized spacial score (nSPS) is 17.5. The molecule has 0 amide bonds. The second-order valence-electron chi connectivity index (χ2n) is 5.09. The van der Waals surface area contributed by atoms with Gasteiger partial charge >= 0.3 is 5.69 Å². The molecule has 1 aliphatic rings. The number of aromatic nitrogens is 2. The molecule has 0 bridgehead atoms. The van der Waals surface area contributed by atoms with E-state index in [1.807, 2.05) is 12.4 Å². The zero-order chi connectivity index (χ0) is 12.1. The Kier molecular flexibility index (Phi) is 4.42. The van der Waals surface area contributed by atoms with Gasteiger partial charge in [0.2, 0.25) is 0 Å². The number of imidazole rings is 1. The molecular formula is C13H23N3O. The largest absolute Gasteiger partial charge is 0.327 e. The fourth-order valence-corrected chi connectivity index (χ4v) is 2.58. The summed E-state index contributed by atoms with van der Waals surface area (Å²) in [6, 6.07) is 0. The van der Waals surface area contributed by atoms with E-state index >= 15 is 0 Å². The first kappa shape index (κ1) is 12.4. The van der Waals surface area contributed by atoms with Crippen LogP contribution in [0.1, 0.15) is 32.1 Å². The van der Waals surface area contributed by atoms with E-state index in [1.165, 1.54) is 32.1 Å². The second kappa shape index (κ2) is 6.05. The lowest BCUT2D eigenvalue weighted by molar-refractivity contribution is 0.340. The van der Waals surface area contributed by atoms with Crippen LogP contribution in [0, 0.1) is 5.92 Å².